The Kier molecular flexibility index (Phi) is 9.09. The summed E-state index contributed by atoms with van der Waals surface area (Å²) in [5.74, 6) is 0. The van der Waals surface area contributed by atoms with Gasteiger partial charge in [0.2, 0.25) is 0 Å². The Labute approximate surface area is 157 Å². The summed E-state index contributed by atoms with van der Waals surface area (Å²) in [6.45, 7) is 8.32. The van der Waals surface area contributed by atoms with Crippen LogP contribution in [0.1, 0.15) is 18.0 Å². The summed E-state index contributed by atoms with van der Waals surface area (Å²) in [7, 11) is 0. The summed E-state index contributed by atoms with van der Waals surface area (Å²) in [5, 5.41) is 3.43. The largest absolute Gasteiger partial charge is 0.314 e. The maximum Gasteiger partial charge on any atom is 0.0383 e. The topological polar surface area (TPSA) is 15.3 Å². The SMILES string of the molecule is C=CC[C@@H](c1ccc(-c2ccccc2)cc1)N1CCNCC1.Cl.Cl. The van der Waals surface area contributed by atoms with E-state index in [0.717, 1.165) is 32.6 Å². The van der Waals surface area contributed by atoms with Crippen LogP contribution in [-0.4, -0.2) is 31.1 Å². The van der Waals surface area contributed by atoms with Crippen LogP contribution in [-0.2, 0) is 0 Å². The van der Waals surface area contributed by atoms with E-state index in [0.29, 0.717) is 6.04 Å². The van der Waals surface area contributed by atoms with E-state index in [9.17, 15) is 0 Å². The molecule has 0 bridgehead atoms. The number of benzene rings is 2. The van der Waals surface area contributed by atoms with E-state index in [1.54, 1.807) is 0 Å². The lowest BCUT2D eigenvalue weighted by atomic mass is 9.97. The fourth-order valence-electron chi connectivity index (χ4n) is 3.18. The molecule has 1 atom stereocenters. The van der Waals surface area contributed by atoms with Gasteiger partial charge in [0, 0.05) is 32.2 Å². The van der Waals surface area contributed by atoms with Crippen LogP contribution in [0.15, 0.2) is 67.3 Å². The smallest absolute Gasteiger partial charge is 0.0383 e. The molecular weight excluding hydrogens is 339 g/mol. The van der Waals surface area contributed by atoms with Crippen molar-refractivity contribution in [1.82, 2.24) is 10.2 Å². The molecule has 0 unspecified atom stereocenters. The van der Waals surface area contributed by atoms with Crippen LogP contribution in [0.5, 0.6) is 0 Å². The van der Waals surface area contributed by atoms with Crippen molar-refractivity contribution in [2.45, 2.75) is 12.5 Å². The van der Waals surface area contributed by atoms with Gasteiger partial charge in [0.1, 0.15) is 0 Å². The molecule has 1 heterocycles. The first-order chi connectivity index (χ1) is 10.9. The molecule has 0 amide bonds. The van der Waals surface area contributed by atoms with Crippen molar-refractivity contribution in [1.29, 1.82) is 0 Å². The molecule has 0 aromatic heterocycles. The number of halogens is 2. The molecule has 4 heteroatoms. The lowest BCUT2D eigenvalue weighted by Gasteiger charge is -2.34. The van der Waals surface area contributed by atoms with Crippen LogP contribution in [0.4, 0.5) is 0 Å². The third-order valence-electron chi connectivity index (χ3n) is 4.38. The molecule has 2 nitrogen and oxygen atoms in total. The summed E-state index contributed by atoms with van der Waals surface area (Å²) >= 11 is 0. The summed E-state index contributed by atoms with van der Waals surface area (Å²) in [6.07, 6.45) is 3.04. The zero-order chi connectivity index (χ0) is 15.2. The number of piperazine rings is 1. The highest BCUT2D eigenvalue weighted by Gasteiger charge is 2.20. The van der Waals surface area contributed by atoms with E-state index in [1.807, 2.05) is 6.08 Å². The highest BCUT2D eigenvalue weighted by molar-refractivity contribution is 5.85. The number of hydrogen-bond acceptors (Lipinski definition) is 2. The van der Waals surface area contributed by atoms with Crippen LogP contribution in [0.3, 0.4) is 0 Å². The van der Waals surface area contributed by atoms with Gasteiger partial charge in [0.25, 0.3) is 0 Å². The standard InChI is InChI=1S/C20H24N2.2ClH/c1-2-6-20(22-15-13-21-14-16-22)19-11-9-18(10-12-19)17-7-4-3-5-8-17;;/h2-5,7-12,20-21H,1,6,13-16H2;2*1H/t20-;;/m0../s1. The van der Waals surface area contributed by atoms with Crippen molar-refractivity contribution in [3.05, 3.63) is 72.8 Å². The van der Waals surface area contributed by atoms with Crippen molar-refractivity contribution in [3.8, 4) is 11.1 Å². The lowest BCUT2D eigenvalue weighted by molar-refractivity contribution is 0.174. The van der Waals surface area contributed by atoms with Crippen molar-refractivity contribution in [2.75, 3.05) is 26.2 Å². The van der Waals surface area contributed by atoms with Gasteiger partial charge in [-0.1, -0.05) is 60.7 Å². The number of nitrogens with one attached hydrogen (secondary N) is 1. The fraction of sp³-hybridized carbons (Fsp3) is 0.300. The van der Waals surface area contributed by atoms with E-state index < -0.39 is 0 Å². The van der Waals surface area contributed by atoms with Gasteiger partial charge in [-0.15, -0.1) is 31.4 Å². The molecule has 1 aliphatic heterocycles. The molecule has 130 valence electrons. The van der Waals surface area contributed by atoms with Gasteiger partial charge in [0.15, 0.2) is 0 Å². The first kappa shape index (κ1) is 20.7. The second kappa shape index (κ2) is 10.5. The average molecular weight is 365 g/mol. The van der Waals surface area contributed by atoms with Gasteiger partial charge < -0.3 is 5.32 Å². The third-order valence-corrected chi connectivity index (χ3v) is 4.38. The fourth-order valence-corrected chi connectivity index (χ4v) is 3.18. The zero-order valence-electron chi connectivity index (χ0n) is 13.9. The Bertz CT molecular complexity index is 593. The van der Waals surface area contributed by atoms with E-state index in [1.165, 1.54) is 16.7 Å². The lowest BCUT2D eigenvalue weighted by Crippen LogP contribution is -2.45. The Morgan fingerprint density at radius 3 is 2.08 bits per heavy atom. The summed E-state index contributed by atoms with van der Waals surface area (Å²) in [4.78, 5) is 2.57. The summed E-state index contributed by atoms with van der Waals surface area (Å²) in [6, 6.07) is 20.0. The Morgan fingerprint density at radius 1 is 0.917 bits per heavy atom. The number of nitrogens with zero attached hydrogens (tertiary/aromatic N) is 1. The average Bonchev–Trinajstić information content (AvgIpc) is 2.61. The molecule has 0 aliphatic carbocycles. The monoisotopic (exact) mass is 364 g/mol. The number of rotatable bonds is 5. The van der Waals surface area contributed by atoms with Crippen molar-refractivity contribution >= 4 is 24.8 Å². The first-order valence-electron chi connectivity index (χ1n) is 8.09. The minimum atomic E-state index is 0. The number of hydrogen-bond donors (Lipinski definition) is 1. The van der Waals surface area contributed by atoms with Crippen molar-refractivity contribution in [2.24, 2.45) is 0 Å². The minimum Gasteiger partial charge on any atom is -0.314 e. The molecule has 1 saturated heterocycles. The molecule has 2 aromatic rings. The Morgan fingerprint density at radius 2 is 1.50 bits per heavy atom. The van der Waals surface area contributed by atoms with E-state index in [2.05, 4.69) is 71.4 Å². The van der Waals surface area contributed by atoms with Crippen LogP contribution in [0, 0.1) is 0 Å². The maximum absolute atomic E-state index is 3.94. The summed E-state index contributed by atoms with van der Waals surface area (Å²) < 4.78 is 0. The molecule has 1 N–H and O–H groups in total. The molecule has 0 spiro atoms. The Hall–Kier alpha value is -1.32. The van der Waals surface area contributed by atoms with Gasteiger partial charge in [-0.2, -0.15) is 0 Å². The van der Waals surface area contributed by atoms with Crippen LogP contribution >= 0.6 is 24.8 Å². The normalized spacial score (nSPS) is 15.7. The van der Waals surface area contributed by atoms with Gasteiger partial charge in [0.05, 0.1) is 0 Å². The van der Waals surface area contributed by atoms with Crippen LogP contribution < -0.4 is 5.32 Å². The van der Waals surface area contributed by atoms with Crippen LogP contribution in [0.25, 0.3) is 11.1 Å². The quantitative estimate of drug-likeness (QED) is 0.772. The summed E-state index contributed by atoms with van der Waals surface area (Å²) in [5.41, 5.74) is 3.94. The van der Waals surface area contributed by atoms with Gasteiger partial charge in [-0.05, 0) is 23.1 Å². The molecule has 1 aliphatic rings. The van der Waals surface area contributed by atoms with Gasteiger partial charge in [-0.25, -0.2) is 0 Å². The highest BCUT2D eigenvalue weighted by Crippen LogP contribution is 2.27. The second-order valence-electron chi connectivity index (χ2n) is 5.81. The Balaban J connectivity index is 0.00000144. The van der Waals surface area contributed by atoms with Gasteiger partial charge >= 0.3 is 0 Å². The highest BCUT2D eigenvalue weighted by atomic mass is 35.5. The predicted molar refractivity (Wildman–Crippen MR) is 108 cm³/mol. The predicted octanol–water partition coefficient (Wildman–Crippen LogP) is 4.72. The van der Waals surface area contributed by atoms with Crippen LogP contribution in [0.2, 0.25) is 0 Å². The molecule has 2 aromatic carbocycles. The molecular formula is C20H26Cl2N2. The molecule has 0 radical (unpaired) electrons. The molecule has 0 saturated carbocycles. The minimum absolute atomic E-state index is 0. The molecule has 24 heavy (non-hydrogen) atoms. The van der Waals surface area contributed by atoms with E-state index >= 15 is 0 Å². The van der Waals surface area contributed by atoms with Crippen molar-refractivity contribution < 1.29 is 0 Å². The molecule has 1 fully saturated rings. The second-order valence-corrected chi connectivity index (χ2v) is 5.81. The maximum atomic E-state index is 3.94. The van der Waals surface area contributed by atoms with Gasteiger partial charge in [-0.3, -0.25) is 4.90 Å². The first-order valence-corrected chi connectivity index (χ1v) is 8.09. The third kappa shape index (κ3) is 5.09. The zero-order valence-corrected chi connectivity index (χ0v) is 15.5. The van der Waals surface area contributed by atoms with E-state index in [-0.39, 0.29) is 24.8 Å². The van der Waals surface area contributed by atoms with Crippen molar-refractivity contribution in [3.63, 3.8) is 0 Å². The molecule has 3 rings (SSSR count). The van der Waals surface area contributed by atoms with E-state index in [4.69, 9.17) is 0 Å².